The number of thioether (sulfide) groups is 1. The zero-order valence-corrected chi connectivity index (χ0v) is 16.1. The zero-order chi connectivity index (χ0) is 16.2. The molecule has 0 bridgehead atoms. The normalized spacial score (nSPS) is 15.0. The lowest BCUT2D eigenvalue weighted by Gasteiger charge is -2.10. The summed E-state index contributed by atoms with van der Waals surface area (Å²) < 4.78 is 0. The van der Waals surface area contributed by atoms with Gasteiger partial charge < -0.3 is 0 Å². The number of hydrogen-bond acceptors (Lipinski definition) is 1. The van der Waals surface area contributed by atoms with Gasteiger partial charge in [-0.25, -0.2) is 0 Å². The predicted octanol–water partition coefficient (Wildman–Crippen LogP) is 7.08. The van der Waals surface area contributed by atoms with E-state index in [0.717, 1.165) is 5.92 Å². The molecular formula is C21H36S. The van der Waals surface area contributed by atoms with Crippen LogP contribution in [0.1, 0.15) is 83.3 Å². The smallest absolute Gasteiger partial charge is 0.00677 e. The topological polar surface area (TPSA) is 0 Å². The third-order valence-electron chi connectivity index (χ3n) is 4.49. The first kappa shape index (κ1) is 19.6. The second kappa shape index (κ2) is 12.0. The van der Waals surface area contributed by atoms with Crippen LogP contribution in [0.3, 0.4) is 0 Å². The molecule has 1 heteroatoms. The Hall–Kier alpha value is -0.430. The fourth-order valence-electron chi connectivity index (χ4n) is 2.98. The second-order valence-corrected chi connectivity index (χ2v) is 8.20. The van der Waals surface area contributed by atoms with E-state index >= 15 is 0 Å². The van der Waals surface area contributed by atoms with Crippen LogP contribution in [-0.2, 0) is 6.42 Å². The molecule has 0 N–H and O–H groups in total. The molecule has 0 spiro atoms. The number of rotatable bonds is 7. The van der Waals surface area contributed by atoms with Crippen molar-refractivity contribution in [3.05, 3.63) is 35.4 Å². The summed E-state index contributed by atoms with van der Waals surface area (Å²) in [5.74, 6) is 4.26. The zero-order valence-electron chi connectivity index (χ0n) is 15.2. The molecule has 0 aromatic heterocycles. The Kier molecular flexibility index (Phi) is 10.7. The van der Waals surface area contributed by atoms with Crippen LogP contribution in [-0.4, -0.2) is 11.5 Å². The van der Waals surface area contributed by atoms with Crippen LogP contribution in [0.2, 0.25) is 0 Å². The van der Waals surface area contributed by atoms with E-state index in [1.54, 1.807) is 0 Å². The highest BCUT2D eigenvalue weighted by Crippen LogP contribution is 2.28. The Labute approximate surface area is 143 Å². The Morgan fingerprint density at radius 3 is 2.18 bits per heavy atom. The van der Waals surface area contributed by atoms with Gasteiger partial charge in [0.05, 0.1) is 0 Å². The summed E-state index contributed by atoms with van der Waals surface area (Å²) in [7, 11) is 0. The Morgan fingerprint density at radius 2 is 1.68 bits per heavy atom. The van der Waals surface area contributed by atoms with E-state index < -0.39 is 0 Å². The Balaban J connectivity index is 0.000000295. The van der Waals surface area contributed by atoms with Crippen molar-refractivity contribution in [3.8, 4) is 0 Å². The molecule has 0 radical (unpaired) electrons. The third-order valence-corrected chi connectivity index (χ3v) is 5.48. The molecule has 0 atom stereocenters. The van der Waals surface area contributed by atoms with Crippen LogP contribution in [0.15, 0.2) is 24.3 Å². The molecule has 0 heterocycles. The minimum atomic E-state index is 0.658. The molecule has 22 heavy (non-hydrogen) atoms. The molecule has 1 fully saturated rings. The maximum atomic E-state index is 2.33. The van der Waals surface area contributed by atoms with Crippen molar-refractivity contribution < 1.29 is 0 Å². The van der Waals surface area contributed by atoms with Gasteiger partial charge in [-0.3, -0.25) is 0 Å². The first-order chi connectivity index (χ1) is 10.7. The van der Waals surface area contributed by atoms with Crippen LogP contribution in [0.4, 0.5) is 0 Å². The van der Waals surface area contributed by atoms with Crippen molar-refractivity contribution in [2.45, 2.75) is 78.6 Å². The van der Waals surface area contributed by atoms with E-state index in [0.29, 0.717) is 5.92 Å². The molecule has 0 aliphatic heterocycles. The van der Waals surface area contributed by atoms with E-state index in [2.05, 4.69) is 52.0 Å². The predicted molar refractivity (Wildman–Crippen MR) is 104 cm³/mol. The van der Waals surface area contributed by atoms with Crippen molar-refractivity contribution in [1.82, 2.24) is 0 Å². The van der Waals surface area contributed by atoms with Crippen LogP contribution < -0.4 is 0 Å². The molecule has 126 valence electrons. The van der Waals surface area contributed by atoms with E-state index in [4.69, 9.17) is 0 Å². The third kappa shape index (κ3) is 8.27. The molecule has 0 nitrogen and oxygen atoms in total. The summed E-state index contributed by atoms with van der Waals surface area (Å²) in [6.45, 7) is 8.95. The van der Waals surface area contributed by atoms with Gasteiger partial charge in [0, 0.05) is 0 Å². The molecule has 1 aromatic carbocycles. The molecule has 1 aliphatic carbocycles. The maximum absolute atomic E-state index is 2.33. The van der Waals surface area contributed by atoms with Crippen molar-refractivity contribution in [1.29, 1.82) is 0 Å². The van der Waals surface area contributed by atoms with Gasteiger partial charge in [-0.15, -0.1) is 0 Å². The van der Waals surface area contributed by atoms with E-state index in [1.807, 2.05) is 11.8 Å². The summed E-state index contributed by atoms with van der Waals surface area (Å²) in [6.07, 6.45) is 9.84. The van der Waals surface area contributed by atoms with Crippen molar-refractivity contribution in [2.75, 3.05) is 11.5 Å². The van der Waals surface area contributed by atoms with Crippen molar-refractivity contribution >= 4 is 11.8 Å². The van der Waals surface area contributed by atoms with Crippen LogP contribution in [0.5, 0.6) is 0 Å². The summed E-state index contributed by atoms with van der Waals surface area (Å²) in [4.78, 5) is 0. The molecule has 0 unspecified atom stereocenters. The fraction of sp³-hybridized carbons (Fsp3) is 0.714. The minimum absolute atomic E-state index is 0.658. The van der Waals surface area contributed by atoms with Gasteiger partial charge in [0.25, 0.3) is 0 Å². The SMILES string of the molecule is CC(C)c1ccc(CC2CCCC2)cc1.CCCCSCC. The van der Waals surface area contributed by atoms with Gasteiger partial charge in [-0.1, -0.05) is 84.1 Å². The summed E-state index contributed by atoms with van der Waals surface area (Å²) >= 11 is 2.03. The Morgan fingerprint density at radius 1 is 1.05 bits per heavy atom. The molecular weight excluding hydrogens is 284 g/mol. The van der Waals surface area contributed by atoms with E-state index in [1.165, 1.54) is 67.6 Å². The summed E-state index contributed by atoms with van der Waals surface area (Å²) in [6, 6.07) is 9.26. The highest BCUT2D eigenvalue weighted by molar-refractivity contribution is 7.99. The first-order valence-corrected chi connectivity index (χ1v) is 10.5. The van der Waals surface area contributed by atoms with Gasteiger partial charge >= 0.3 is 0 Å². The van der Waals surface area contributed by atoms with Crippen LogP contribution in [0, 0.1) is 5.92 Å². The standard InChI is InChI=1S/C15H22.C6H14S/c1-12(2)15-9-7-14(8-10-15)11-13-5-3-4-6-13;1-3-5-6-7-4-2/h7-10,12-13H,3-6,11H2,1-2H3;3-6H2,1-2H3. The van der Waals surface area contributed by atoms with Crippen LogP contribution in [0.25, 0.3) is 0 Å². The molecule has 1 aromatic rings. The molecule has 1 saturated carbocycles. The lowest BCUT2D eigenvalue weighted by molar-refractivity contribution is 0.546. The van der Waals surface area contributed by atoms with Gasteiger partial charge in [-0.05, 0) is 47.3 Å². The number of hydrogen-bond donors (Lipinski definition) is 0. The molecule has 2 rings (SSSR count). The average molecular weight is 321 g/mol. The van der Waals surface area contributed by atoms with E-state index in [-0.39, 0.29) is 0 Å². The van der Waals surface area contributed by atoms with Gasteiger partial charge in [-0.2, -0.15) is 11.8 Å². The lowest BCUT2D eigenvalue weighted by Crippen LogP contribution is -1.98. The highest BCUT2D eigenvalue weighted by atomic mass is 32.2. The van der Waals surface area contributed by atoms with Crippen molar-refractivity contribution in [3.63, 3.8) is 0 Å². The number of benzene rings is 1. The molecule has 0 amide bonds. The van der Waals surface area contributed by atoms with Gasteiger partial charge in [0.2, 0.25) is 0 Å². The minimum Gasteiger partial charge on any atom is -0.162 e. The van der Waals surface area contributed by atoms with Crippen LogP contribution >= 0.6 is 11.8 Å². The molecule has 1 aliphatic rings. The average Bonchev–Trinajstić information content (AvgIpc) is 3.02. The largest absolute Gasteiger partial charge is 0.162 e. The highest BCUT2D eigenvalue weighted by Gasteiger charge is 2.15. The number of unbranched alkanes of at least 4 members (excludes halogenated alkanes) is 1. The summed E-state index contributed by atoms with van der Waals surface area (Å²) in [5.41, 5.74) is 3.00. The van der Waals surface area contributed by atoms with Gasteiger partial charge in [0.15, 0.2) is 0 Å². The Bertz CT molecular complexity index is 356. The monoisotopic (exact) mass is 320 g/mol. The second-order valence-electron chi connectivity index (χ2n) is 6.80. The van der Waals surface area contributed by atoms with Gasteiger partial charge in [0.1, 0.15) is 0 Å². The van der Waals surface area contributed by atoms with E-state index in [9.17, 15) is 0 Å². The van der Waals surface area contributed by atoms with Crippen molar-refractivity contribution in [2.24, 2.45) is 5.92 Å². The fourth-order valence-corrected chi connectivity index (χ4v) is 3.76. The lowest BCUT2D eigenvalue weighted by atomic mass is 9.95. The maximum Gasteiger partial charge on any atom is -0.00677 e. The summed E-state index contributed by atoms with van der Waals surface area (Å²) in [5, 5.41) is 0. The first-order valence-electron chi connectivity index (χ1n) is 9.33. The molecule has 0 saturated heterocycles. The quantitative estimate of drug-likeness (QED) is 0.483.